The summed E-state index contributed by atoms with van der Waals surface area (Å²) >= 11 is 0. The van der Waals surface area contributed by atoms with Gasteiger partial charge >= 0.3 is 5.97 Å². The summed E-state index contributed by atoms with van der Waals surface area (Å²) in [6.07, 6.45) is 2.22. The summed E-state index contributed by atoms with van der Waals surface area (Å²) in [5, 5.41) is 8.59. The van der Waals surface area contributed by atoms with Crippen molar-refractivity contribution in [3.8, 4) is 11.5 Å². The summed E-state index contributed by atoms with van der Waals surface area (Å²) in [6, 6.07) is 3.53. The molecule has 116 valence electrons. The second kappa shape index (κ2) is 8.29. The van der Waals surface area contributed by atoms with E-state index < -0.39 is 5.97 Å². The summed E-state index contributed by atoms with van der Waals surface area (Å²) < 4.78 is 10.5. The van der Waals surface area contributed by atoms with Gasteiger partial charge in [-0.25, -0.2) is 0 Å². The molecule has 0 aromatic heterocycles. The zero-order valence-electron chi connectivity index (χ0n) is 12.8. The standard InChI is InChI=1S/C16H22O5/c1-4-11-9-12(15(21-3)10-14(11)20-2)13(17)7-5-6-8-16(18)19/h9-10H,4-8H2,1-3H3,(H,18,19). The van der Waals surface area contributed by atoms with Crippen LogP contribution in [0, 0.1) is 0 Å². The molecule has 1 rings (SSSR count). The van der Waals surface area contributed by atoms with Gasteiger partial charge in [-0.15, -0.1) is 0 Å². The molecule has 0 aliphatic carbocycles. The van der Waals surface area contributed by atoms with Gasteiger partial charge in [-0.1, -0.05) is 6.92 Å². The number of aryl methyl sites for hydroxylation is 1. The zero-order valence-corrected chi connectivity index (χ0v) is 12.8. The van der Waals surface area contributed by atoms with Crippen molar-refractivity contribution in [3.63, 3.8) is 0 Å². The molecule has 0 atom stereocenters. The number of benzene rings is 1. The highest BCUT2D eigenvalue weighted by molar-refractivity contribution is 5.99. The van der Waals surface area contributed by atoms with Crippen molar-refractivity contribution >= 4 is 11.8 Å². The first-order chi connectivity index (χ1) is 10.0. The van der Waals surface area contributed by atoms with Crippen LogP contribution in [0.25, 0.3) is 0 Å². The molecule has 21 heavy (non-hydrogen) atoms. The number of hydrogen-bond acceptors (Lipinski definition) is 4. The molecule has 1 N–H and O–H groups in total. The highest BCUT2D eigenvalue weighted by Gasteiger charge is 2.16. The molecule has 0 saturated carbocycles. The van der Waals surface area contributed by atoms with Gasteiger partial charge in [-0.3, -0.25) is 9.59 Å². The Hall–Kier alpha value is -2.04. The average molecular weight is 294 g/mol. The summed E-state index contributed by atoms with van der Waals surface area (Å²) in [5.74, 6) is 0.330. The van der Waals surface area contributed by atoms with Crippen molar-refractivity contribution in [1.29, 1.82) is 0 Å². The molecule has 0 radical (unpaired) electrons. The van der Waals surface area contributed by atoms with E-state index in [2.05, 4.69) is 0 Å². The van der Waals surface area contributed by atoms with Crippen LogP contribution >= 0.6 is 0 Å². The van der Waals surface area contributed by atoms with Crippen molar-refractivity contribution in [2.24, 2.45) is 0 Å². The maximum atomic E-state index is 12.3. The van der Waals surface area contributed by atoms with E-state index in [0.717, 1.165) is 12.0 Å². The van der Waals surface area contributed by atoms with Crippen molar-refractivity contribution in [2.75, 3.05) is 14.2 Å². The Morgan fingerprint density at radius 3 is 2.19 bits per heavy atom. The third-order valence-corrected chi connectivity index (χ3v) is 3.33. The summed E-state index contributed by atoms with van der Waals surface area (Å²) in [7, 11) is 3.10. The van der Waals surface area contributed by atoms with E-state index in [1.165, 1.54) is 7.11 Å². The molecule has 0 aliphatic heterocycles. The lowest BCUT2D eigenvalue weighted by atomic mass is 9.99. The molecule has 0 fully saturated rings. The molecule has 0 unspecified atom stereocenters. The Morgan fingerprint density at radius 2 is 1.67 bits per heavy atom. The third kappa shape index (κ3) is 4.77. The number of unbranched alkanes of at least 4 members (excludes halogenated alkanes) is 1. The Kier molecular flexibility index (Phi) is 6.72. The van der Waals surface area contributed by atoms with Gasteiger partial charge < -0.3 is 14.6 Å². The number of ketones is 1. The van der Waals surface area contributed by atoms with Crippen LogP contribution < -0.4 is 9.47 Å². The zero-order chi connectivity index (χ0) is 15.8. The molecule has 5 heteroatoms. The first kappa shape index (κ1) is 17.0. The number of hydrogen-bond donors (Lipinski definition) is 1. The molecule has 0 saturated heterocycles. The van der Waals surface area contributed by atoms with Crippen LogP contribution in [0.4, 0.5) is 0 Å². The van der Waals surface area contributed by atoms with Crippen molar-refractivity contribution in [2.45, 2.75) is 39.0 Å². The third-order valence-electron chi connectivity index (χ3n) is 3.33. The van der Waals surface area contributed by atoms with E-state index >= 15 is 0 Å². The van der Waals surface area contributed by atoms with Gasteiger partial charge in [0.05, 0.1) is 19.8 Å². The maximum absolute atomic E-state index is 12.3. The van der Waals surface area contributed by atoms with Gasteiger partial charge in [-0.05, 0) is 30.9 Å². The summed E-state index contributed by atoms with van der Waals surface area (Å²) in [4.78, 5) is 22.7. The lowest BCUT2D eigenvalue weighted by Gasteiger charge is -2.13. The number of carboxylic acid groups (broad SMARTS) is 1. The summed E-state index contributed by atoms with van der Waals surface area (Å²) in [5.41, 5.74) is 1.48. The van der Waals surface area contributed by atoms with Gasteiger partial charge in [-0.2, -0.15) is 0 Å². The Morgan fingerprint density at radius 1 is 1.05 bits per heavy atom. The first-order valence-electron chi connectivity index (χ1n) is 7.03. The van der Waals surface area contributed by atoms with Crippen LogP contribution in [0.3, 0.4) is 0 Å². The van der Waals surface area contributed by atoms with Crippen molar-refractivity contribution < 1.29 is 24.2 Å². The average Bonchev–Trinajstić information content (AvgIpc) is 2.49. The second-order valence-electron chi connectivity index (χ2n) is 4.74. The Bertz CT molecular complexity index is 508. The van der Waals surface area contributed by atoms with E-state index in [1.54, 1.807) is 19.2 Å². The minimum atomic E-state index is -0.835. The fourth-order valence-corrected chi connectivity index (χ4v) is 2.16. The monoisotopic (exact) mass is 294 g/mol. The smallest absolute Gasteiger partial charge is 0.303 e. The number of rotatable bonds is 9. The van der Waals surface area contributed by atoms with E-state index in [4.69, 9.17) is 14.6 Å². The Balaban J connectivity index is 2.84. The van der Waals surface area contributed by atoms with Crippen LogP contribution in [0.1, 0.15) is 48.5 Å². The van der Waals surface area contributed by atoms with Gasteiger partial charge in [0.15, 0.2) is 5.78 Å². The van der Waals surface area contributed by atoms with Crippen LogP contribution in [0.5, 0.6) is 11.5 Å². The van der Waals surface area contributed by atoms with Gasteiger partial charge in [0.1, 0.15) is 11.5 Å². The lowest BCUT2D eigenvalue weighted by molar-refractivity contribution is -0.137. The van der Waals surface area contributed by atoms with E-state index in [-0.39, 0.29) is 12.2 Å². The normalized spacial score (nSPS) is 10.2. The molecule has 0 spiro atoms. The van der Waals surface area contributed by atoms with Crippen LogP contribution in [-0.2, 0) is 11.2 Å². The van der Waals surface area contributed by atoms with Gasteiger partial charge in [0, 0.05) is 18.9 Å². The molecular formula is C16H22O5. The largest absolute Gasteiger partial charge is 0.496 e. The highest BCUT2D eigenvalue weighted by Crippen LogP contribution is 2.30. The van der Waals surface area contributed by atoms with Crippen molar-refractivity contribution in [1.82, 2.24) is 0 Å². The van der Waals surface area contributed by atoms with E-state index in [9.17, 15) is 9.59 Å². The van der Waals surface area contributed by atoms with Crippen LogP contribution in [0.2, 0.25) is 0 Å². The summed E-state index contributed by atoms with van der Waals surface area (Å²) in [6.45, 7) is 1.99. The number of carboxylic acids is 1. The minimum absolute atomic E-state index is 0.0328. The molecule has 0 aliphatic rings. The molecule has 1 aromatic carbocycles. The minimum Gasteiger partial charge on any atom is -0.496 e. The fourth-order valence-electron chi connectivity index (χ4n) is 2.16. The van der Waals surface area contributed by atoms with E-state index in [0.29, 0.717) is 36.3 Å². The first-order valence-corrected chi connectivity index (χ1v) is 7.03. The SMILES string of the molecule is CCc1cc(C(=O)CCCCC(=O)O)c(OC)cc1OC. The number of aliphatic carboxylic acids is 1. The number of ether oxygens (including phenoxy) is 2. The Labute approximate surface area is 124 Å². The second-order valence-corrected chi connectivity index (χ2v) is 4.74. The molecular weight excluding hydrogens is 272 g/mol. The molecule has 1 aromatic rings. The van der Waals surface area contributed by atoms with Crippen LogP contribution in [0.15, 0.2) is 12.1 Å². The predicted molar refractivity (Wildman–Crippen MR) is 79.4 cm³/mol. The number of carbonyl (C=O) groups excluding carboxylic acids is 1. The molecule has 0 heterocycles. The quantitative estimate of drug-likeness (QED) is 0.559. The van der Waals surface area contributed by atoms with Gasteiger partial charge in [0.25, 0.3) is 0 Å². The number of carbonyl (C=O) groups is 2. The predicted octanol–water partition coefficient (Wildman–Crippen LogP) is 3.09. The number of Topliss-reactive ketones (excluding diaryl/α,β-unsaturated/α-hetero) is 1. The molecule has 0 amide bonds. The highest BCUT2D eigenvalue weighted by atomic mass is 16.5. The number of methoxy groups -OCH3 is 2. The molecule has 5 nitrogen and oxygen atoms in total. The fraction of sp³-hybridized carbons (Fsp3) is 0.500. The van der Waals surface area contributed by atoms with E-state index in [1.807, 2.05) is 6.92 Å². The molecule has 0 bridgehead atoms. The van der Waals surface area contributed by atoms with Crippen LogP contribution in [-0.4, -0.2) is 31.1 Å². The van der Waals surface area contributed by atoms with Gasteiger partial charge in [0.2, 0.25) is 0 Å². The van der Waals surface area contributed by atoms with Crippen molar-refractivity contribution in [3.05, 3.63) is 23.3 Å². The maximum Gasteiger partial charge on any atom is 0.303 e. The topological polar surface area (TPSA) is 72.8 Å². The lowest BCUT2D eigenvalue weighted by Crippen LogP contribution is -2.05.